The molecule has 85 heavy (non-hydrogen) atoms. The maximum atomic E-state index is 13.5. The Bertz CT molecular complexity index is 2280. The van der Waals surface area contributed by atoms with Crippen LogP contribution >= 0.6 is 0 Å². The lowest BCUT2D eigenvalue weighted by Gasteiger charge is -2.56. The highest BCUT2D eigenvalue weighted by atomic mass is 28.4. The van der Waals surface area contributed by atoms with Crippen molar-refractivity contribution in [2.45, 2.75) is 352 Å². The predicted molar refractivity (Wildman–Crippen MR) is 357 cm³/mol. The third-order valence-corrected chi connectivity index (χ3v) is 35.5. The van der Waals surface area contributed by atoms with Crippen molar-refractivity contribution < 1.29 is 51.9 Å². The maximum absolute atomic E-state index is 13.5. The van der Waals surface area contributed by atoms with Gasteiger partial charge in [0.15, 0.2) is 25.0 Å². The molecular formula is C71H126O11Si3. The first-order valence-electron chi connectivity index (χ1n) is 33.5. The monoisotopic (exact) mass is 1240 g/mol. The molecule has 4 unspecified atom stereocenters. The number of aliphatic hydroxyl groups is 2. The minimum atomic E-state index is -2.48. The minimum absolute atomic E-state index is 0.00615. The van der Waals surface area contributed by atoms with Crippen LogP contribution in [0.5, 0.6) is 0 Å². The molecular weight excluding hydrogens is 1110 g/mol. The molecule has 11 nitrogen and oxygen atoms in total. The second kappa shape index (κ2) is 29.1. The predicted octanol–water partition coefficient (Wildman–Crippen LogP) is 16.6. The van der Waals surface area contributed by atoms with E-state index < -0.39 is 61.6 Å². The molecule has 0 saturated carbocycles. The Balaban J connectivity index is 1.35. The first kappa shape index (κ1) is 72.7. The molecule has 2 N–H and O–H groups in total. The van der Waals surface area contributed by atoms with Crippen molar-refractivity contribution in [3.8, 4) is 0 Å². The van der Waals surface area contributed by atoms with Gasteiger partial charge in [-0.1, -0.05) is 125 Å². The van der Waals surface area contributed by atoms with Crippen LogP contribution in [0.3, 0.4) is 0 Å². The molecule has 0 aromatic heterocycles. The lowest BCUT2D eigenvalue weighted by Crippen LogP contribution is -2.69. The summed E-state index contributed by atoms with van der Waals surface area (Å²) < 4.78 is 65.6. The van der Waals surface area contributed by atoms with E-state index in [1.54, 1.807) is 0 Å². The van der Waals surface area contributed by atoms with Crippen molar-refractivity contribution in [3.05, 3.63) is 72.9 Å². The second-order valence-corrected chi connectivity index (χ2v) is 47.0. The highest BCUT2D eigenvalue weighted by molar-refractivity contribution is 6.75. The van der Waals surface area contributed by atoms with E-state index in [2.05, 4.69) is 181 Å². The SMILES string of the molecule is C=C[C@H](CC[C@H]1C[C@@H](C)C(=C)C(C[C@@H]2O[C@H](C[C@H]3CCC(C)(C)O3)[C@H](C)[C@H]2C(Cc2ccc(C)cc2)C(O)C[C@H]2CC[C@@H]3O[C@@H]([C@H](C=C)O[Si](C)(C)C(C)(C)C)[C@@H](O[Si](C)(C)C(C)(C)C)[C@@H](O[Si](C)(C)C(C)(C)C)[C@H]3O2)O1)O[C@H](C)CCC(C)O. The average molecular weight is 1240 g/mol. The van der Waals surface area contributed by atoms with Gasteiger partial charge >= 0.3 is 0 Å². The van der Waals surface area contributed by atoms with Gasteiger partial charge in [-0.2, -0.15) is 0 Å². The molecule has 0 aliphatic carbocycles. The van der Waals surface area contributed by atoms with Crippen LogP contribution in [-0.4, -0.2) is 138 Å². The third-order valence-electron chi connectivity index (χ3n) is 22.1. The van der Waals surface area contributed by atoms with Crippen LogP contribution in [0, 0.1) is 30.6 Å². The Morgan fingerprint density at radius 2 is 1.33 bits per heavy atom. The summed E-state index contributed by atoms with van der Waals surface area (Å²) in [6.07, 6.45) is 9.77. The smallest absolute Gasteiger partial charge is 0.193 e. The molecule has 6 rings (SSSR count). The Labute approximate surface area is 522 Å². The minimum Gasteiger partial charge on any atom is -0.408 e. The largest absolute Gasteiger partial charge is 0.408 e. The van der Waals surface area contributed by atoms with Crippen molar-refractivity contribution in [1.29, 1.82) is 0 Å². The Kier molecular flexibility index (Phi) is 24.9. The number of hydrogen-bond donors (Lipinski definition) is 2. The molecule has 5 saturated heterocycles. The summed E-state index contributed by atoms with van der Waals surface area (Å²) in [5, 5.41) is 23.2. The molecule has 5 aliphatic rings. The Hall–Kier alpha value is -1.35. The zero-order chi connectivity index (χ0) is 63.6. The lowest BCUT2D eigenvalue weighted by molar-refractivity contribution is -0.269. The van der Waals surface area contributed by atoms with Crippen LogP contribution < -0.4 is 0 Å². The van der Waals surface area contributed by atoms with Gasteiger partial charge in [0.2, 0.25) is 0 Å². The van der Waals surface area contributed by atoms with Gasteiger partial charge in [0.05, 0.1) is 78.8 Å². The Morgan fingerprint density at radius 1 is 0.718 bits per heavy atom. The third kappa shape index (κ3) is 18.9. The molecule has 0 amide bonds. The van der Waals surface area contributed by atoms with E-state index in [1.807, 2.05) is 19.1 Å². The molecule has 0 radical (unpaired) electrons. The van der Waals surface area contributed by atoms with Crippen LogP contribution in [0.25, 0.3) is 0 Å². The standard InChI is InChI=1S/C71H126O11Si3/c1-26-52(74-48(6)31-30-47(5)72)34-35-53-40-46(4)49(7)61(75-53)44-62-63(50(8)60(77-62)43-55-38-39-71(18,19)79-55)56(41-51-32-28-45(3)29-33-51)57(73)42-54-36-37-59-65(76-54)67(82-85(24,25)70(15,16)17)66(81-84(22,23)69(12,13)14)64(78-59)58(27-2)80-83(20,21)68(9,10)11/h26-29,32-33,46-48,50,52-67,72-73H,1-2,7,30-31,34-44H2,3-6,8-25H3/t46-,47?,48-,50+,52-,53+,54-,55-,56?,57?,58+,59+,60-,61?,62+,63+,64+,65+,66-,67+/m1/s1. The molecule has 5 heterocycles. The Morgan fingerprint density at radius 3 is 1.88 bits per heavy atom. The zero-order valence-corrected chi connectivity index (χ0v) is 60.9. The topological polar surface area (TPSA) is 124 Å². The van der Waals surface area contributed by atoms with E-state index in [-0.39, 0.29) is 105 Å². The molecule has 14 heteroatoms. The fraction of sp³-hybridized carbons (Fsp3) is 0.831. The molecule has 0 spiro atoms. The van der Waals surface area contributed by atoms with Gasteiger partial charge in [-0.25, -0.2) is 0 Å². The molecule has 5 fully saturated rings. The van der Waals surface area contributed by atoms with E-state index >= 15 is 0 Å². The fourth-order valence-electron chi connectivity index (χ4n) is 13.4. The molecule has 488 valence electrons. The summed E-state index contributed by atoms with van der Waals surface area (Å²) in [6, 6.07) is 8.90. The van der Waals surface area contributed by atoms with Crippen LogP contribution in [-0.2, 0) is 48.1 Å². The molecule has 0 bridgehead atoms. The van der Waals surface area contributed by atoms with Crippen LogP contribution in [0.2, 0.25) is 54.4 Å². The molecule has 20 atom stereocenters. The van der Waals surface area contributed by atoms with Gasteiger partial charge in [-0.3, -0.25) is 0 Å². The van der Waals surface area contributed by atoms with E-state index in [0.29, 0.717) is 25.7 Å². The first-order chi connectivity index (χ1) is 39.2. The highest BCUT2D eigenvalue weighted by Crippen LogP contribution is 2.51. The number of rotatable bonds is 27. The van der Waals surface area contributed by atoms with Gasteiger partial charge < -0.3 is 51.9 Å². The summed E-state index contributed by atoms with van der Waals surface area (Å²) in [4.78, 5) is 0. The van der Waals surface area contributed by atoms with Gasteiger partial charge in [0, 0.05) is 12.8 Å². The van der Waals surface area contributed by atoms with E-state index in [4.69, 9.17) is 48.3 Å². The number of fused-ring (bicyclic) bond motifs is 1. The van der Waals surface area contributed by atoms with Gasteiger partial charge in [-0.05, 0) is 194 Å². The van der Waals surface area contributed by atoms with Crippen molar-refractivity contribution in [3.63, 3.8) is 0 Å². The second-order valence-electron chi connectivity index (χ2n) is 32.7. The van der Waals surface area contributed by atoms with E-state index in [1.165, 1.54) is 11.1 Å². The summed E-state index contributed by atoms with van der Waals surface area (Å²) >= 11 is 0. The number of aryl methyl sites for hydroxylation is 1. The van der Waals surface area contributed by atoms with Crippen molar-refractivity contribution in [1.82, 2.24) is 0 Å². The summed E-state index contributed by atoms with van der Waals surface area (Å²) in [7, 11) is -7.28. The number of ether oxygens (including phenoxy) is 6. The fourth-order valence-corrected chi connectivity index (χ4v) is 17.3. The van der Waals surface area contributed by atoms with Crippen LogP contribution in [0.1, 0.15) is 192 Å². The summed E-state index contributed by atoms with van der Waals surface area (Å²) in [5.74, 6) is 0.218. The number of hydrogen-bond acceptors (Lipinski definition) is 11. The van der Waals surface area contributed by atoms with Crippen molar-refractivity contribution >= 4 is 25.0 Å². The maximum Gasteiger partial charge on any atom is 0.193 e. The molecule has 1 aromatic carbocycles. The van der Waals surface area contributed by atoms with Gasteiger partial charge in [0.25, 0.3) is 0 Å². The molecule has 5 aliphatic heterocycles. The zero-order valence-electron chi connectivity index (χ0n) is 57.9. The number of aliphatic hydroxyl groups excluding tert-OH is 2. The van der Waals surface area contributed by atoms with Crippen LogP contribution in [0.15, 0.2) is 61.7 Å². The van der Waals surface area contributed by atoms with Gasteiger partial charge in [0.1, 0.15) is 24.4 Å². The van der Waals surface area contributed by atoms with E-state index in [0.717, 1.165) is 63.4 Å². The highest BCUT2D eigenvalue weighted by Gasteiger charge is 2.59. The van der Waals surface area contributed by atoms with Crippen LogP contribution in [0.4, 0.5) is 0 Å². The first-order valence-corrected chi connectivity index (χ1v) is 42.2. The summed E-state index contributed by atoms with van der Waals surface area (Å²) in [6.45, 7) is 63.0. The van der Waals surface area contributed by atoms with Crippen molar-refractivity contribution in [2.24, 2.45) is 23.7 Å². The summed E-state index contributed by atoms with van der Waals surface area (Å²) in [5.41, 5.74) is 3.37. The van der Waals surface area contributed by atoms with Crippen molar-refractivity contribution in [2.75, 3.05) is 0 Å². The number of benzene rings is 1. The van der Waals surface area contributed by atoms with E-state index in [9.17, 15) is 10.2 Å². The van der Waals surface area contributed by atoms with Gasteiger partial charge in [-0.15, -0.1) is 13.2 Å². The quantitative estimate of drug-likeness (QED) is 0.0646. The lowest BCUT2D eigenvalue weighted by atomic mass is 9.70. The normalized spacial score (nSPS) is 33.0. The average Bonchev–Trinajstić information content (AvgIpc) is 1.29. The molecule has 1 aromatic rings.